The summed E-state index contributed by atoms with van der Waals surface area (Å²) in [6.45, 7) is 18.5. The second kappa shape index (κ2) is 36.5. The molecule has 0 saturated carbocycles. The van der Waals surface area contributed by atoms with Gasteiger partial charge in [0.1, 0.15) is 34.9 Å². The van der Waals surface area contributed by atoms with Crippen molar-refractivity contribution in [2.24, 2.45) is 0 Å². The first-order valence-corrected chi connectivity index (χ1v) is 50.4. The Bertz CT molecular complexity index is 10000. The van der Waals surface area contributed by atoms with E-state index >= 15 is 0 Å². The van der Waals surface area contributed by atoms with E-state index in [1.807, 2.05) is 110 Å². The second-order valence-electron chi connectivity index (χ2n) is 39.8. The second-order valence-corrected chi connectivity index (χ2v) is 39.8. The SMILES string of the molecule is CC(C)c1c(C(C)C)c2cccc3c2c2c1cc(Oc1[c-]c4c5c(c1)c(C(C)C)c(C(C)C)c1cccc(c15)n4-c1ccccn1)[c-]c2n3-c1ccccn1.[Pt+2].[Pt+2].[Pt+2].[c-]1c(N(c2[c-]c3c4c(ccc5cccc(c54)n3-c3ccccn3)c2)c2ccccc2)cc2ccc3cccc4c3c2c1n4-c1ccccn1.[c-]1c(Oc2[c-]c3c4c(ccc5cccc(c54)n3-c3ccccn3)c2)cc2ccc3cccc4c3c2c1n4-c1ccccn1. The van der Waals surface area contributed by atoms with Gasteiger partial charge in [-0.2, -0.15) is 0 Å². The number of nitrogens with zero attached hydrogens (tertiary/aromatic N) is 13. The first-order chi connectivity index (χ1) is 72.3. The topological polar surface area (TPSA) is 129 Å². The van der Waals surface area contributed by atoms with Gasteiger partial charge in [-0.05, 0) is 221 Å². The third-order valence-corrected chi connectivity index (χ3v) is 30.0. The summed E-state index contributed by atoms with van der Waals surface area (Å²) < 4.78 is 27.1. The van der Waals surface area contributed by atoms with Crippen LogP contribution < -0.4 is 14.4 Å². The zero-order valence-electron chi connectivity index (χ0n) is 82.6. The van der Waals surface area contributed by atoms with Gasteiger partial charge in [0.2, 0.25) is 0 Å². The molecular weight excluding hydrogens is 2380 g/mol. The zero-order chi connectivity index (χ0) is 98.0. The van der Waals surface area contributed by atoms with Crippen molar-refractivity contribution in [3.63, 3.8) is 0 Å². The molecule has 0 fully saturated rings. The van der Waals surface area contributed by atoms with Crippen LogP contribution in [0.1, 0.15) is 101 Å². The van der Waals surface area contributed by atoms with Gasteiger partial charge in [-0.15, -0.1) is 105 Å². The molecule has 0 atom stereocenters. The van der Waals surface area contributed by atoms with Gasteiger partial charge in [0.15, 0.2) is 0 Å². The van der Waals surface area contributed by atoms with E-state index in [1.54, 1.807) is 0 Å². The van der Waals surface area contributed by atoms with Gasteiger partial charge in [-0.3, -0.25) is 0 Å². The number of hydrogen-bond donors (Lipinski definition) is 0. The summed E-state index contributed by atoms with van der Waals surface area (Å²) in [6.07, 6.45) is 11.1. The number of ether oxygens (including phenoxy) is 2. The Hall–Kier alpha value is -16.5. The average molecular weight is 2470 g/mol. The van der Waals surface area contributed by atoms with Crippen molar-refractivity contribution in [1.29, 1.82) is 0 Å². The van der Waals surface area contributed by atoms with Gasteiger partial charge in [0, 0.05) is 99.0 Å². The molecule has 0 radical (unpaired) electrons. The quantitative estimate of drug-likeness (QED) is 0.0646. The molecule has 0 amide bonds. The molecular formula is C132H89N13O2Pt3. The van der Waals surface area contributed by atoms with E-state index in [1.165, 1.54) is 119 Å². The summed E-state index contributed by atoms with van der Waals surface area (Å²) in [5, 5.41) is 28.8. The maximum absolute atomic E-state index is 7.12. The van der Waals surface area contributed by atoms with Crippen LogP contribution in [-0.2, 0) is 63.2 Å². The van der Waals surface area contributed by atoms with Crippen molar-refractivity contribution < 1.29 is 72.7 Å². The van der Waals surface area contributed by atoms with Crippen molar-refractivity contribution in [3.05, 3.63) is 429 Å². The van der Waals surface area contributed by atoms with Crippen molar-refractivity contribution in [2.75, 3.05) is 4.90 Å². The minimum absolute atomic E-state index is 0. The van der Waals surface area contributed by atoms with E-state index in [4.69, 9.17) is 39.4 Å². The molecule has 0 spiro atoms. The fourth-order valence-corrected chi connectivity index (χ4v) is 24.5. The summed E-state index contributed by atoms with van der Waals surface area (Å²) in [7, 11) is 0. The van der Waals surface area contributed by atoms with Crippen LogP contribution in [0.4, 0.5) is 17.1 Å². The molecule has 0 saturated heterocycles. The molecule has 12 aromatic heterocycles. The fourth-order valence-electron chi connectivity index (χ4n) is 24.5. The number of rotatable bonds is 17. The fraction of sp³-hybridized carbons (Fsp3) is 0.0909. The number of aromatic nitrogens is 12. The van der Waals surface area contributed by atoms with Crippen LogP contribution in [0.3, 0.4) is 0 Å². The van der Waals surface area contributed by atoms with E-state index < -0.39 is 0 Å². The summed E-state index contributed by atoms with van der Waals surface area (Å²) in [6, 6.07) is 139. The molecule has 31 rings (SSSR count). The maximum atomic E-state index is 7.12. The van der Waals surface area contributed by atoms with Gasteiger partial charge in [0.05, 0.1) is 0 Å². The Morgan fingerprint density at radius 3 is 0.727 bits per heavy atom. The summed E-state index contributed by atoms with van der Waals surface area (Å²) in [5.41, 5.74) is 20.9. The normalized spacial score (nSPS) is 12.1. The van der Waals surface area contributed by atoms with Crippen LogP contribution in [0, 0.1) is 36.4 Å². The number of pyridine rings is 6. The third-order valence-electron chi connectivity index (χ3n) is 30.0. The zero-order valence-corrected chi connectivity index (χ0v) is 89.4. The van der Waals surface area contributed by atoms with Gasteiger partial charge in [-0.25, -0.2) is 29.9 Å². The largest absolute Gasteiger partial charge is 2.00 e. The van der Waals surface area contributed by atoms with E-state index in [-0.39, 0.29) is 63.2 Å². The minimum atomic E-state index is 0. The summed E-state index contributed by atoms with van der Waals surface area (Å²) in [5.74, 6) is 8.96. The van der Waals surface area contributed by atoms with Gasteiger partial charge >= 0.3 is 63.2 Å². The summed E-state index contributed by atoms with van der Waals surface area (Å²) >= 11 is 0. The average Bonchev–Trinajstić information content (AvgIpc) is 1.53. The number of hydrogen-bond acceptors (Lipinski definition) is 9. The third kappa shape index (κ3) is 14.3. The smallest absolute Gasteiger partial charge is 0.509 e. The molecule has 15 nitrogen and oxygen atoms in total. The van der Waals surface area contributed by atoms with Crippen LogP contribution in [0.15, 0.2) is 371 Å². The number of benzene rings is 19. The number of anilines is 3. The van der Waals surface area contributed by atoms with Gasteiger partial charge in [0.25, 0.3) is 0 Å². The monoisotopic (exact) mass is 2470 g/mol. The van der Waals surface area contributed by atoms with Crippen LogP contribution >= 0.6 is 0 Å². The maximum Gasteiger partial charge on any atom is 2.00 e. The molecule has 0 aliphatic rings. The van der Waals surface area contributed by atoms with Crippen molar-refractivity contribution in [3.8, 4) is 57.9 Å². The van der Waals surface area contributed by atoms with Gasteiger partial charge < -0.3 is 41.8 Å². The molecule has 724 valence electrons. The standard InChI is InChI=1S/C50H44N4O.C44H25N5.C38H20N4O.3Pt/c1-27(2)43-33-15-13-17-37-47(33)49-35(45(43)29(5)6)23-31(25-39(49)53(37)41-19-9-11-21-51-41)55-32-24-36-46(30(7)8)44(28(3)4)34-16-14-18-38-48(34)50(36)40(26-32)54(38)42-20-10-12-22-52-42;1-2-12-32(13-3-1)47(33-24-30-20-18-28-10-8-14-35-41(28)43(30)37(26-33)48(35)39-16-4-6-22-45-39)34-25-31-21-19-29-11-9-15-36-42(29)44(31)38(27-34)49(36)40-17-5-7-23-46-40;1-3-17-39-33(11-1)41-29-9-5-7-23-13-15-25-19-27(21-31(41)37(25)35(23)29)43-28-20-26-16-14-24-8-6-10-30-36(24)38(26)32(22-28)42(30)34-12-2-4-18-40-34;;;/h9-24,27-30H,1-8H3;1-25H;1-20H;;;/q3*-2;3*+2. The first-order valence-electron chi connectivity index (χ1n) is 50.4. The number of para-hydroxylation sites is 1. The van der Waals surface area contributed by atoms with E-state index in [0.717, 1.165) is 150 Å². The van der Waals surface area contributed by atoms with Gasteiger partial charge in [-0.1, -0.05) is 319 Å². The molecule has 150 heavy (non-hydrogen) atoms. The first kappa shape index (κ1) is 93.3. The minimum Gasteiger partial charge on any atom is -0.509 e. The molecule has 31 aromatic rings. The molecule has 18 heteroatoms. The molecule has 0 N–H and O–H groups in total. The van der Waals surface area contributed by atoms with Crippen LogP contribution in [0.25, 0.3) is 230 Å². The van der Waals surface area contributed by atoms with Crippen molar-refractivity contribution in [2.45, 2.75) is 79.1 Å². The molecule has 12 heterocycles. The Kier molecular flexibility index (Phi) is 22.7. The predicted molar refractivity (Wildman–Crippen MR) is 601 cm³/mol. The van der Waals surface area contributed by atoms with E-state index in [2.05, 4.69) is 385 Å². The van der Waals surface area contributed by atoms with Crippen molar-refractivity contribution in [1.82, 2.24) is 57.3 Å². The Balaban J connectivity index is 0.000000113. The van der Waals surface area contributed by atoms with Crippen LogP contribution in [0.5, 0.6) is 23.0 Å². The van der Waals surface area contributed by atoms with E-state index in [0.29, 0.717) is 46.7 Å². The van der Waals surface area contributed by atoms with E-state index in [9.17, 15) is 0 Å². The Morgan fingerprint density at radius 1 is 0.207 bits per heavy atom. The molecule has 0 bridgehead atoms. The summed E-state index contributed by atoms with van der Waals surface area (Å²) in [4.78, 5) is 31.0. The Labute approximate surface area is 906 Å². The van der Waals surface area contributed by atoms with Crippen LogP contribution in [-0.4, -0.2) is 57.3 Å². The van der Waals surface area contributed by atoms with Crippen LogP contribution in [0.2, 0.25) is 0 Å². The molecule has 0 aliphatic heterocycles. The molecule has 0 unspecified atom stereocenters. The molecule has 0 aliphatic carbocycles. The predicted octanol–water partition coefficient (Wildman–Crippen LogP) is 33.9. The van der Waals surface area contributed by atoms with Crippen molar-refractivity contribution >= 4 is 213 Å². The molecule has 19 aromatic carbocycles. The Morgan fingerprint density at radius 2 is 0.447 bits per heavy atom.